The van der Waals surface area contributed by atoms with E-state index < -0.39 is 6.10 Å². The molecule has 0 fully saturated rings. The van der Waals surface area contributed by atoms with Gasteiger partial charge in [-0.1, -0.05) is 31.4 Å². The van der Waals surface area contributed by atoms with Crippen molar-refractivity contribution in [2.45, 2.75) is 46.1 Å². The van der Waals surface area contributed by atoms with E-state index >= 15 is 0 Å². The van der Waals surface area contributed by atoms with Gasteiger partial charge < -0.3 is 5.11 Å². The molecule has 0 amide bonds. The summed E-state index contributed by atoms with van der Waals surface area (Å²) in [5.41, 5.74) is 1.39. The number of allylic oxidation sites excluding steroid dienone is 2. The van der Waals surface area contributed by atoms with E-state index in [2.05, 4.69) is 32.8 Å². The lowest BCUT2D eigenvalue weighted by molar-refractivity contribution is 0.223. The summed E-state index contributed by atoms with van der Waals surface area (Å²) in [6, 6.07) is 0. The second-order valence-corrected chi connectivity index (χ2v) is 3.91. The van der Waals surface area contributed by atoms with Crippen LogP contribution in [0.4, 0.5) is 0 Å². The van der Waals surface area contributed by atoms with Crippen molar-refractivity contribution in [3.8, 4) is 12.3 Å². The minimum absolute atomic E-state index is 0.580. The number of hydrogen-bond acceptors (Lipinski definition) is 1. The van der Waals surface area contributed by atoms with Crippen LogP contribution in [0.15, 0.2) is 11.6 Å². The molecule has 0 aliphatic carbocycles. The van der Waals surface area contributed by atoms with Crippen LogP contribution in [0.5, 0.6) is 0 Å². The largest absolute Gasteiger partial charge is 0.380 e. The molecule has 1 N–H and O–H groups in total. The van der Waals surface area contributed by atoms with Crippen LogP contribution in [0.25, 0.3) is 0 Å². The minimum atomic E-state index is -0.580. The van der Waals surface area contributed by atoms with E-state index in [4.69, 9.17) is 11.5 Å². The first-order chi connectivity index (χ1) is 6.06. The van der Waals surface area contributed by atoms with Crippen LogP contribution in [0.3, 0.4) is 0 Å². The van der Waals surface area contributed by atoms with Crippen molar-refractivity contribution in [3.05, 3.63) is 11.6 Å². The summed E-state index contributed by atoms with van der Waals surface area (Å²) in [4.78, 5) is 0. The molecule has 0 aromatic rings. The Kier molecular flexibility index (Phi) is 6.36. The average Bonchev–Trinajstić information content (AvgIpc) is 2.02. The summed E-state index contributed by atoms with van der Waals surface area (Å²) in [6.07, 6.45) is 9.32. The van der Waals surface area contributed by atoms with Crippen LogP contribution in [0, 0.1) is 18.3 Å². The maximum absolute atomic E-state index is 9.09. The van der Waals surface area contributed by atoms with Gasteiger partial charge in [-0.2, -0.15) is 0 Å². The van der Waals surface area contributed by atoms with E-state index in [0.29, 0.717) is 12.3 Å². The summed E-state index contributed by atoms with van der Waals surface area (Å²) in [7, 11) is 0. The highest BCUT2D eigenvalue weighted by Gasteiger charge is 1.98. The number of hydrogen-bond donors (Lipinski definition) is 1. The highest BCUT2D eigenvalue weighted by Crippen LogP contribution is 2.11. The number of aliphatic hydroxyl groups excluding tert-OH is 1. The Morgan fingerprint density at radius 3 is 2.62 bits per heavy atom. The van der Waals surface area contributed by atoms with Crippen LogP contribution in [0.1, 0.15) is 40.0 Å². The zero-order chi connectivity index (χ0) is 10.3. The van der Waals surface area contributed by atoms with Gasteiger partial charge >= 0.3 is 0 Å². The Morgan fingerprint density at radius 2 is 2.15 bits per heavy atom. The first kappa shape index (κ1) is 12.3. The fourth-order valence-corrected chi connectivity index (χ4v) is 1.30. The standard InChI is InChI=1S/C12H20O/c1-5-12(13)8-6-7-11(4)9-10(2)3/h1,7,10,12-13H,6,8-9H2,2-4H3. The lowest BCUT2D eigenvalue weighted by Crippen LogP contribution is -2.00. The van der Waals surface area contributed by atoms with Crippen molar-refractivity contribution in [2.24, 2.45) is 5.92 Å². The number of aliphatic hydroxyl groups is 1. The van der Waals surface area contributed by atoms with E-state index in [9.17, 15) is 0 Å². The molecule has 0 saturated heterocycles. The summed E-state index contributed by atoms with van der Waals surface area (Å²) in [5.74, 6) is 3.01. The van der Waals surface area contributed by atoms with E-state index in [1.165, 1.54) is 5.57 Å². The summed E-state index contributed by atoms with van der Waals surface area (Å²) < 4.78 is 0. The molecular formula is C12H20O. The second kappa shape index (κ2) is 6.74. The first-order valence-electron chi connectivity index (χ1n) is 4.86. The van der Waals surface area contributed by atoms with Crippen molar-refractivity contribution in [2.75, 3.05) is 0 Å². The normalized spacial score (nSPS) is 14.3. The molecule has 0 saturated carbocycles. The van der Waals surface area contributed by atoms with Crippen molar-refractivity contribution in [1.29, 1.82) is 0 Å². The van der Waals surface area contributed by atoms with Gasteiger partial charge in [0.15, 0.2) is 0 Å². The van der Waals surface area contributed by atoms with Crippen LogP contribution in [0.2, 0.25) is 0 Å². The molecule has 1 nitrogen and oxygen atoms in total. The van der Waals surface area contributed by atoms with Gasteiger partial charge in [0, 0.05) is 0 Å². The minimum Gasteiger partial charge on any atom is -0.380 e. The van der Waals surface area contributed by atoms with Gasteiger partial charge in [-0.25, -0.2) is 0 Å². The summed E-state index contributed by atoms with van der Waals surface area (Å²) >= 11 is 0. The molecule has 0 heterocycles. The fourth-order valence-electron chi connectivity index (χ4n) is 1.30. The van der Waals surface area contributed by atoms with Gasteiger partial charge in [0.05, 0.1) is 0 Å². The lowest BCUT2D eigenvalue weighted by Gasteiger charge is -2.05. The molecule has 13 heavy (non-hydrogen) atoms. The summed E-state index contributed by atoms with van der Waals surface area (Å²) in [6.45, 7) is 6.53. The van der Waals surface area contributed by atoms with Crippen LogP contribution >= 0.6 is 0 Å². The van der Waals surface area contributed by atoms with Crippen LogP contribution < -0.4 is 0 Å². The Balaban J connectivity index is 3.66. The Morgan fingerprint density at radius 1 is 1.54 bits per heavy atom. The monoisotopic (exact) mass is 180 g/mol. The molecule has 0 radical (unpaired) electrons. The van der Waals surface area contributed by atoms with Crippen LogP contribution in [-0.4, -0.2) is 11.2 Å². The zero-order valence-corrected chi connectivity index (χ0v) is 8.88. The predicted molar refractivity (Wildman–Crippen MR) is 57.3 cm³/mol. The number of rotatable bonds is 5. The highest BCUT2D eigenvalue weighted by molar-refractivity contribution is 5.00. The highest BCUT2D eigenvalue weighted by atomic mass is 16.3. The van der Waals surface area contributed by atoms with E-state index in [1.807, 2.05) is 0 Å². The van der Waals surface area contributed by atoms with E-state index in [0.717, 1.165) is 12.8 Å². The average molecular weight is 180 g/mol. The zero-order valence-electron chi connectivity index (χ0n) is 8.88. The molecule has 0 aliphatic heterocycles. The van der Waals surface area contributed by atoms with Crippen LogP contribution in [-0.2, 0) is 0 Å². The molecule has 1 unspecified atom stereocenters. The molecule has 0 aromatic heterocycles. The van der Waals surface area contributed by atoms with Crippen molar-refractivity contribution in [3.63, 3.8) is 0 Å². The fraction of sp³-hybridized carbons (Fsp3) is 0.667. The van der Waals surface area contributed by atoms with E-state index in [1.54, 1.807) is 0 Å². The Hall–Kier alpha value is -0.740. The lowest BCUT2D eigenvalue weighted by atomic mass is 10.0. The van der Waals surface area contributed by atoms with Gasteiger partial charge in [-0.05, 0) is 32.1 Å². The number of terminal acetylenes is 1. The SMILES string of the molecule is C#CC(O)CCC=C(C)CC(C)C. The Bertz CT molecular complexity index is 196. The third-order valence-electron chi connectivity index (χ3n) is 1.86. The first-order valence-corrected chi connectivity index (χ1v) is 4.86. The third kappa shape index (κ3) is 7.62. The van der Waals surface area contributed by atoms with Crippen molar-refractivity contribution < 1.29 is 5.11 Å². The van der Waals surface area contributed by atoms with Gasteiger partial charge in [-0.15, -0.1) is 6.42 Å². The Labute approximate surface area is 81.9 Å². The smallest absolute Gasteiger partial charge is 0.114 e. The second-order valence-electron chi connectivity index (χ2n) is 3.91. The van der Waals surface area contributed by atoms with Gasteiger partial charge in [0.1, 0.15) is 6.10 Å². The maximum atomic E-state index is 9.09. The maximum Gasteiger partial charge on any atom is 0.114 e. The molecule has 1 heteroatoms. The van der Waals surface area contributed by atoms with Gasteiger partial charge in [-0.3, -0.25) is 0 Å². The molecule has 1 atom stereocenters. The summed E-state index contributed by atoms with van der Waals surface area (Å²) in [5, 5.41) is 9.09. The van der Waals surface area contributed by atoms with Crippen molar-refractivity contribution in [1.82, 2.24) is 0 Å². The van der Waals surface area contributed by atoms with Crippen molar-refractivity contribution >= 4 is 0 Å². The molecular weight excluding hydrogens is 160 g/mol. The van der Waals surface area contributed by atoms with Gasteiger partial charge in [0.25, 0.3) is 0 Å². The quantitative estimate of drug-likeness (QED) is 0.509. The molecule has 0 spiro atoms. The molecule has 0 aliphatic rings. The third-order valence-corrected chi connectivity index (χ3v) is 1.86. The molecule has 74 valence electrons. The van der Waals surface area contributed by atoms with E-state index in [-0.39, 0.29) is 0 Å². The predicted octanol–water partition coefficient (Wildman–Crippen LogP) is 2.75. The molecule has 0 rings (SSSR count). The topological polar surface area (TPSA) is 20.2 Å². The molecule has 0 bridgehead atoms. The molecule has 0 aromatic carbocycles. The van der Waals surface area contributed by atoms with Gasteiger partial charge in [0.2, 0.25) is 0 Å².